The standard InChI is InChI=1S/C12H19NO2/c1-3-12-7-10(6-9(2)13)4-5-11(12)14-8-15-12/h4-5,9H,3,6-8,13H2,1-2H3. The number of fused-ring (bicyclic) bond motifs is 1. The molecule has 1 fully saturated rings. The summed E-state index contributed by atoms with van der Waals surface area (Å²) >= 11 is 0. The smallest absolute Gasteiger partial charge is 0.189 e. The Morgan fingerprint density at radius 3 is 3.00 bits per heavy atom. The summed E-state index contributed by atoms with van der Waals surface area (Å²) in [7, 11) is 0. The number of hydrogen-bond donors (Lipinski definition) is 1. The second kappa shape index (κ2) is 3.99. The van der Waals surface area contributed by atoms with Crippen molar-refractivity contribution in [2.75, 3.05) is 6.79 Å². The van der Waals surface area contributed by atoms with Crippen LogP contribution in [0.4, 0.5) is 0 Å². The summed E-state index contributed by atoms with van der Waals surface area (Å²) in [6.07, 6.45) is 6.99. The zero-order valence-electron chi connectivity index (χ0n) is 9.45. The monoisotopic (exact) mass is 209 g/mol. The second-order valence-corrected chi connectivity index (χ2v) is 4.47. The van der Waals surface area contributed by atoms with Crippen molar-refractivity contribution >= 4 is 0 Å². The molecule has 1 aliphatic carbocycles. The highest BCUT2D eigenvalue weighted by Gasteiger charge is 2.42. The summed E-state index contributed by atoms with van der Waals surface area (Å²) in [6.45, 7) is 4.56. The van der Waals surface area contributed by atoms with E-state index in [2.05, 4.69) is 13.0 Å². The van der Waals surface area contributed by atoms with Gasteiger partial charge in [-0.15, -0.1) is 0 Å². The van der Waals surface area contributed by atoms with E-state index in [0.717, 1.165) is 25.0 Å². The topological polar surface area (TPSA) is 44.5 Å². The first-order chi connectivity index (χ1) is 7.16. The summed E-state index contributed by atoms with van der Waals surface area (Å²) in [5, 5.41) is 0. The minimum Gasteiger partial charge on any atom is -0.469 e. The van der Waals surface area contributed by atoms with Gasteiger partial charge in [-0.3, -0.25) is 0 Å². The van der Waals surface area contributed by atoms with Crippen LogP contribution in [0.1, 0.15) is 33.1 Å². The molecule has 0 aromatic rings. The van der Waals surface area contributed by atoms with Gasteiger partial charge in [-0.1, -0.05) is 18.6 Å². The molecule has 0 saturated carbocycles. The number of rotatable bonds is 3. The molecule has 3 nitrogen and oxygen atoms in total. The average molecular weight is 209 g/mol. The van der Waals surface area contributed by atoms with Crippen molar-refractivity contribution in [3.8, 4) is 0 Å². The first kappa shape index (κ1) is 10.7. The highest BCUT2D eigenvalue weighted by molar-refractivity contribution is 5.31. The lowest BCUT2D eigenvalue weighted by atomic mass is 9.84. The van der Waals surface area contributed by atoms with Crippen LogP contribution in [0.2, 0.25) is 0 Å². The fourth-order valence-corrected chi connectivity index (χ4v) is 2.32. The lowest BCUT2D eigenvalue weighted by molar-refractivity contribution is -0.0100. The van der Waals surface area contributed by atoms with Crippen molar-refractivity contribution < 1.29 is 9.47 Å². The average Bonchev–Trinajstić information content (AvgIpc) is 2.60. The highest BCUT2D eigenvalue weighted by atomic mass is 16.7. The minimum absolute atomic E-state index is 0.195. The molecule has 0 spiro atoms. The molecule has 3 heteroatoms. The summed E-state index contributed by atoms with van der Waals surface area (Å²) in [5.41, 5.74) is 6.98. The molecule has 1 saturated heterocycles. The maximum Gasteiger partial charge on any atom is 0.189 e. The van der Waals surface area contributed by atoms with Crippen molar-refractivity contribution in [2.45, 2.75) is 44.8 Å². The summed E-state index contributed by atoms with van der Waals surface area (Å²) < 4.78 is 11.2. The van der Waals surface area contributed by atoms with E-state index in [1.165, 1.54) is 5.57 Å². The molecule has 1 heterocycles. The molecule has 2 rings (SSSR count). The predicted octanol–water partition coefficient (Wildman–Crippen LogP) is 2.09. The van der Waals surface area contributed by atoms with E-state index in [4.69, 9.17) is 15.2 Å². The van der Waals surface area contributed by atoms with Gasteiger partial charge in [0.25, 0.3) is 0 Å². The van der Waals surface area contributed by atoms with Crippen LogP contribution in [0.25, 0.3) is 0 Å². The lowest BCUT2D eigenvalue weighted by Gasteiger charge is -2.30. The maximum atomic E-state index is 5.81. The Balaban J connectivity index is 2.15. The molecular weight excluding hydrogens is 190 g/mol. The summed E-state index contributed by atoms with van der Waals surface area (Å²) in [6, 6.07) is 0.211. The second-order valence-electron chi connectivity index (χ2n) is 4.47. The normalized spacial score (nSPS) is 31.4. The quantitative estimate of drug-likeness (QED) is 0.774. The SMILES string of the molecule is CCC12CC(CC(C)N)=CC=C1OCO2. The van der Waals surface area contributed by atoms with Gasteiger partial charge >= 0.3 is 0 Å². The van der Waals surface area contributed by atoms with Crippen molar-refractivity contribution in [3.05, 3.63) is 23.5 Å². The van der Waals surface area contributed by atoms with Crippen LogP contribution in [0, 0.1) is 0 Å². The number of allylic oxidation sites excluding steroid dienone is 2. The molecule has 1 aliphatic heterocycles. The molecule has 2 aliphatic rings. The van der Waals surface area contributed by atoms with Crippen LogP contribution in [0.3, 0.4) is 0 Å². The van der Waals surface area contributed by atoms with E-state index in [1.54, 1.807) is 0 Å². The van der Waals surface area contributed by atoms with Crippen LogP contribution >= 0.6 is 0 Å². The molecule has 2 N–H and O–H groups in total. The van der Waals surface area contributed by atoms with E-state index >= 15 is 0 Å². The predicted molar refractivity (Wildman–Crippen MR) is 59.1 cm³/mol. The zero-order chi connectivity index (χ0) is 10.9. The van der Waals surface area contributed by atoms with Crippen molar-refractivity contribution in [3.63, 3.8) is 0 Å². The van der Waals surface area contributed by atoms with Gasteiger partial charge in [-0.25, -0.2) is 0 Å². The van der Waals surface area contributed by atoms with E-state index in [0.29, 0.717) is 6.79 Å². The molecule has 0 aromatic carbocycles. The molecule has 0 amide bonds. The third-order valence-electron chi connectivity index (χ3n) is 3.14. The Labute approximate surface area is 90.9 Å². The fraction of sp³-hybridized carbons (Fsp3) is 0.667. The highest BCUT2D eigenvalue weighted by Crippen LogP contribution is 2.41. The molecule has 84 valence electrons. The largest absolute Gasteiger partial charge is 0.469 e. The number of hydrogen-bond acceptors (Lipinski definition) is 3. The Bertz CT molecular complexity index is 307. The van der Waals surface area contributed by atoms with Crippen LogP contribution in [-0.2, 0) is 9.47 Å². The van der Waals surface area contributed by atoms with Gasteiger partial charge in [0, 0.05) is 12.5 Å². The van der Waals surface area contributed by atoms with E-state index in [9.17, 15) is 0 Å². The molecular formula is C12H19NO2. The third-order valence-corrected chi connectivity index (χ3v) is 3.14. The maximum absolute atomic E-state index is 5.81. The summed E-state index contributed by atoms with van der Waals surface area (Å²) in [4.78, 5) is 0. The van der Waals surface area contributed by atoms with Crippen molar-refractivity contribution in [2.24, 2.45) is 5.73 Å². The molecule has 0 radical (unpaired) electrons. The van der Waals surface area contributed by atoms with E-state index in [-0.39, 0.29) is 11.6 Å². The van der Waals surface area contributed by atoms with Crippen molar-refractivity contribution in [1.29, 1.82) is 0 Å². The van der Waals surface area contributed by atoms with Crippen LogP contribution < -0.4 is 5.73 Å². The Morgan fingerprint density at radius 1 is 1.53 bits per heavy atom. The van der Waals surface area contributed by atoms with Gasteiger partial charge in [0.05, 0.1) is 0 Å². The molecule has 2 unspecified atom stereocenters. The van der Waals surface area contributed by atoms with Gasteiger partial charge in [0.1, 0.15) is 11.4 Å². The van der Waals surface area contributed by atoms with Gasteiger partial charge < -0.3 is 15.2 Å². The fourth-order valence-electron chi connectivity index (χ4n) is 2.32. The Hall–Kier alpha value is -0.800. The first-order valence-electron chi connectivity index (χ1n) is 5.59. The zero-order valence-corrected chi connectivity index (χ0v) is 9.45. The van der Waals surface area contributed by atoms with Gasteiger partial charge in [0.15, 0.2) is 6.79 Å². The van der Waals surface area contributed by atoms with Crippen LogP contribution in [-0.4, -0.2) is 18.4 Å². The summed E-state index contributed by atoms with van der Waals surface area (Å²) in [5.74, 6) is 0.985. The molecule has 0 aromatic heterocycles. The molecule has 0 bridgehead atoms. The Kier molecular flexibility index (Phi) is 2.85. The van der Waals surface area contributed by atoms with Gasteiger partial charge in [-0.05, 0) is 25.8 Å². The van der Waals surface area contributed by atoms with Crippen molar-refractivity contribution in [1.82, 2.24) is 0 Å². The first-order valence-corrected chi connectivity index (χ1v) is 5.59. The van der Waals surface area contributed by atoms with Gasteiger partial charge in [0.2, 0.25) is 0 Å². The van der Waals surface area contributed by atoms with Crippen LogP contribution in [0.15, 0.2) is 23.5 Å². The molecule has 2 atom stereocenters. The van der Waals surface area contributed by atoms with E-state index in [1.807, 2.05) is 13.0 Å². The molecule has 15 heavy (non-hydrogen) atoms. The van der Waals surface area contributed by atoms with E-state index < -0.39 is 0 Å². The van der Waals surface area contributed by atoms with Crippen LogP contribution in [0.5, 0.6) is 0 Å². The van der Waals surface area contributed by atoms with Gasteiger partial charge in [-0.2, -0.15) is 0 Å². The minimum atomic E-state index is -0.195. The Morgan fingerprint density at radius 2 is 2.33 bits per heavy atom. The number of ether oxygens (including phenoxy) is 2. The number of nitrogens with two attached hydrogens (primary N) is 1. The third kappa shape index (κ3) is 1.94. The lowest BCUT2D eigenvalue weighted by Crippen LogP contribution is -2.32.